The van der Waals surface area contributed by atoms with Gasteiger partial charge in [0.1, 0.15) is 22.6 Å². The number of piperidine rings is 1. The first-order valence-corrected chi connectivity index (χ1v) is 17.2. The highest BCUT2D eigenvalue weighted by molar-refractivity contribution is 6.08. The number of hydrogen-bond acceptors (Lipinski definition) is 9. The number of likely N-dealkylation sites (N-methyl/N-ethyl adjacent to an activating group) is 1. The fourth-order valence-corrected chi connectivity index (χ4v) is 12.2. The van der Waals surface area contributed by atoms with E-state index in [1.54, 1.807) is 45.6 Å². The highest BCUT2D eigenvalue weighted by Crippen LogP contribution is 2.79. The first-order valence-electron chi connectivity index (χ1n) is 17.2. The third kappa shape index (κ3) is 3.89. The first kappa shape index (κ1) is 32.3. The summed E-state index contributed by atoms with van der Waals surface area (Å²) in [5, 5.41) is 28.6. The molecule has 12 atom stereocenters. The number of methoxy groups -OCH3 is 3. The van der Waals surface area contributed by atoms with Gasteiger partial charge < -0.3 is 34.5 Å². The van der Waals surface area contributed by atoms with E-state index < -0.39 is 46.0 Å². The Morgan fingerprint density at radius 2 is 1.81 bits per heavy atom. The fraction of sp³-hybridized carbons (Fsp3) is 0.622. The average molecular weight is 665 g/mol. The van der Waals surface area contributed by atoms with Crippen molar-refractivity contribution in [2.45, 2.75) is 80.2 Å². The molecule has 1 heterocycles. The summed E-state index contributed by atoms with van der Waals surface area (Å²) in [6.45, 7) is 3.24. The zero-order chi connectivity index (χ0) is 33.8. The lowest BCUT2D eigenvalue weighted by Gasteiger charge is -2.70. The van der Waals surface area contributed by atoms with Gasteiger partial charge in [-0.2, -0.15) is 0 Å². The highest BCUT2D eigenvalue weighted by atomic mass is 19.1. The third-order valence-corrected chi connectivity index (χ3v) is 13.7. The third-order valence-electron chi connectivity index (χ3n) is 13.7. The van der Waals surface area contributed by atoms with Crippen LogP contribution in [0.5, 0.6) is 0 Å². The standard InChI is InChI=1S/C37H45FN2O8/c1-5-40-19-34(48-33(42)22-11-6-7-12-25(22)39-32(41)20-9-8-10-21(38)15-20)14-13-29(46-3)36-27(34)17-24(30(36)40)35(43)18-26(45-2)23-16-28(36)37(35,44)31(23)47-4/h6-12,15,23-24,26-31,43-44H,5,13-14,16-19H2,1-4H3,(H,39,41)/t23-,24+,26+,27-,28+,29+,30?,31+,34-,35+,36+,37+/m1/s1. The molecule has 1 amide bonds. The van der Waals surface area contributed by atoms with Crippen LogP contribution in [-0.2, 0) is 18.9 Å². The second-order valence-corrected chi connectivity index (χ2v) is 15.0. The smallest absolute Gasteiger partial charge is 0.340 e. The predicted octanol–water partition coefficient (Wildman–Crippen LogP) is 3.65. The Morgan fingerprint density at radius 3 is 2.52 bits per heavy atom. The molecule has 0 radical (unpaired) electrons. The molecular weight excluding hydrogens is 619 g/mol. The van der Waals surface area contributed by atoms with Crippen LogP contribution in [-0.4, -0.2) is 103 Å². The largest absolute Gasteiger partial charge is 0.454 e. The molecule has 6 aliphatic rings. The van der Waals surface area contributed by atoms with Crippen LogP contribution in [0.15, 0.2) is 48.5 Å². The van der Waals surface area contributed by atoms with Crippen molar-refractivity contribution in [2.24, 2.45) is 29.1 Å². The number of anilines is 1. The quantitative estimate of drug-likeness (QED) is 0.363. The van der Waals surface area contributed by atoms with E-state index in [1.165, 1.54) is 18.2 Å². The maximum atomic E-state index is 14.4. The minimum atomic E-state index is -1.52. The van der Waals surface area contributed by atoms with Gasteiger partial charge in [-0.15, -0.1) is 0 Å². The summed E-state index contributed by atoms with van der Waals surface area (Å²) in [5.41, 5.74) is -3.95. The van der Waals surface area contributed by atoms with E-state index in [0.29, 0.717) is 45.2 Å². The van der Waals surface area contributed by atoms with Crippen molar-refractivity contribution in [3.8, 4) is 0 Å². The summed E-state index contributed by atoms with van der Waals surface area (Å²) in [6, 6.07) is 12.0. The minimum absolute atomic E-state index is 0.0930. The zero-order valence-corrected chi connectivity index (χ0v) is 27.9. The molecule has 1 saturated heterocycles. The topological polar surface area (TPSA) is 127 Å². The maximum absolute atomic E-state index is 14.4. The SMILES string of the molecule is CCN1C[C@]2(OC(=O)c3ccccc3NC(=O)c3cccc(F)c3)CC[C@H](OC)[C@]34C1[C@H](C[C@H]23)[C@@]1(O)C[C@H](OC)[C@H]2C[C@@H]4[C@]1(O)[C@H]2OC. The molecule has 10 nitrogen and oxygen atoms in total. The van der Waals surface area contributed by atoms with Crippen LogP contribution in [0, 0.1) is 34.9 Å². The monoisotopic (exact) mass is 664 g/mol. The number of fused-ring (bicyclic) bond motifs is 2. The molecule has 1 aliphatic heterocycles. The summed E-state index contributed by atoms with van der Waals surface area (Å²) in [4.78, 5) is 29.8. The van der Waals surface area contributed by atoms with E-state index in [9.17, 15) is 24.2 Å². The van der Waals surface area contributed by atoms with Crippen molar-refractivity contribution in [1.82, 2.24) is 4.90 Å². The van der Waals surface area contributed by atoms with Gasteiger partial charge in [-0.25, -0.2) is 9.18 Å². The number of rotatable bonds is 8. The molecule has 1 unspecified atom stereocenters. The fourth-order valence-electron chi connectivity index (χ4n) is 12.2. The molecule has 3 N–H and O–H groups in total. The van der Waals surface area contributed by atoms with Gasteiger partial charge in [0.05, 0.1) is 29.6 Å². The van der Waals surface area contributed by atoms with Gasteiger partial charge in [0.2, 0.25) is 0 Å². The van der Waals surface area contributed by atoms with Crippen molar-refractivity contribution < 1.29 is 43.1 Å². The number of amides is 1. The lowest BCUT2D eigenvalue weighted by atomic mass is 9.44. The number of benzene rings is 2. The average Bonchev–Trinajstić information content (AvgIpc) is 3.51. The molecule has 7 bridgehead atoms. The van der Waals surface area contributed by atoms with Crippen molar-refractivity contribution >= 4 is 17.6 Å². The van der Waals surface area contributed by atoms with E-state index in [0.717, 1.165) is 6.07 Å². The number of halogens is 1. The summed E-state index contributed by atoms with van der Waals surface area (Å²) in [7, 11) is 5.00. The van der Waals surface area contributed by atoms with Gasteiger partial charge in [0.15, 0.2) is 0 Å². The number of nitrogens with zero attached hydrogens (tertiary/aromatic N) is 1. The second kappa shape index (κ2) is 11.0. The number of likely N-dealkylation sites (tertiary alicyclic amines) is 1. The highest BCUT2D eigenvalue weighted by Gasteiger charge is 2.89. The summed E-state index contributed by atoms with van der Waals surface area (Å²) >= 11 is 0. The lowest BCUT2D eigenvalue weighted by Crippen LogP contribution is -2.83. The maximum Gasteiger partial charge on any atom is 0.340 e. The summed E-state index contributed by atoms with van der Waals surface area (Å²) in [5.74, 6) is -2.65. The van der Waals surface area contributed by atoms with E-state index in [1.807, 2.05) is 0 Å². The Bertz CT molecular complexity index is 1640. The van der Waals surface area contributed by atoms with Crippen LogP contribution in [0.3, 0.4) is 0 Å². The Balaban J connectivity index is 1.20. The first-order chi connectivity index (χ1) is 23.0. The predicted molar refractivity (Wildman–Crippen MR) is 172 cm³/mol. The summed E-state index contributed by atoms with van der Waals surface area (Å²) in [6.07, 6.45) is 1.55. The van der Waals surface area contributed by atoms with Gasteiger partial charge in [-0.3, -0.25) is 9.69 Å². The van der Waals surface area contributed by atoms with Gasteiger partial charge in [0, 0.05) is 75.0 Å². The van der Waals surface area contributed by atoms with E-state index in [-0.39, 0.29) is 58.7 Å². The molecule has 258 valence electrons. The molecule has 11 heteroatoms. The minimum Gasteiger partial charge on any atom is -0.454 e. The Morgan fingerprint density at radius 1 is 1.02 bits per heavy atom. The van der Waals surface area contributed by atoms with Gasteiger partial charge in [-0.05, 0) is 62.6 Å². The van der Waals surface area contributed by atoms with E-state index >= 15 is 0 Å². The number of ether oxygens (including phenoxy) is 4. The van der Waals surface area contributed by atoms with Crippen LogP contribution in [0.4, 0.5) is 10.1 Å². The molecule has 2 aromatic rings. The van der Waals surface area contributed by atoms with E-state index in [4.69, 9.17) is 18.9 Å². The second-order valence-electron chi connectivity index (χ2n) is 15.0. The lowest BCUT2D eigenvalue weighted by molar-refractivity contribution is -0.337. The Hall–Kier alpha value is -2.93. The molecule has 0 aromatic heterocycles. The van der Waals surface area contributed by atoms with Crippen molar-refractivity contribution in [1.29, 1.82) is 0 Å². The number of carbonyl (C=O) groups excluding carboxylic acids is 2. The van der Waals surface area contributed by atoms with Crippen molar-refractivity contribution in [3.63, 3.8) is 0 Å². The molecular formula is C37H45FN2O8. The molecule has 6 fully saturated rings. The summed E-state index contributed by atoms with van der Waals surface area (Å²) < 4.78 is 39.1. The molecule has 48 heavy (non-hydrogen) atoms. The van der Waals surface area contributed by atoms with Crippen LogP contribution < -0.4 is 5.32 Å². The van der Waals surface area contributed by atoms with Gasteiger partial charge in [0.25, 0.3) is 5.91 Å². The van der Waals surface area contributed by atoms with Crippen LogP contribution in [0.2, 0.25) is 0 Å². The van der Waals surface area contributed by atoms with Crippen LogP contribution >= 0.6 is 0 Å². The molecule has 5 aliphatic carbocycles. The number of hydrogen-bond donors (Lipinski definition) is 3. The molecule has 8 rings (SSSR count). The number of carbonyl (C=O) groups is 2. The Labute approximate surface area is 279 Å². The number of esters is 1. The van der Waals surface area contributed by atoms with Crippen LogP contribution in [0.25, 0.3) is 0 Å². The number of nitrogens with one attached hydrogen (secondary N) is 1. The Kier molecular flexibility index (Phi) is 7.42. The van der Waals surface area contributed by atoms with E-state index in [2.05, 4.69) is 17.1 Å². The number of para-hydroxylation sites is 1. The number of aliphatic hydroxyl groups is 2. The molecule has 2 aromatic carbocycles. The van der Waals surface area contributed by atoms with Crippen molar-refractivity contribution in [3.05, 3.63) is 65.5 Å². The van der Waals surface area contributed by atoms with Crippen molar-refractivity contribution in [2.75, 3.05) is 39.7 Å². The molecule has 1 spiro atoms. The van der Waals surface area contributed by atoms with Gasteiger partial charge in [-0.1, -0.05) is 25.1 Å². The zero-order valence-electron chi connectivity index (χ0n) is 27.9. The van der Waals surface area contributed by atoms with Crippen LogP contribution in [0.1, 0.15) is 59.7 Å². The molecule has 5 saturated carbocycles. The normalized spacial score (nSPS) is 43.6. The van der Waals surface area contributed by atoms with Gasteiger partial charge >= 0.3 is 5.97 Å².